The van der Waals surface area contributed by atoms with E-state index in [2.05, 4.69) is 4.72 Å². The Morgan fingerprint density at radius 1 is 1.14 bits per heavy atom. The molecule has 0 amide bonds. The number of benzene rings is 2. The predicted molar refractivity (Wildman–Crippen MR) is 78.4 cm³/mol. The second kappa shape index (κ2) is 5.90. The Hall–Kier alpha value is -1.81. The highest BCUT2D eigenvalue weighted by Gasteiger charge is 2.18. The van der Waals surface area contributed by atoms with Gasteiger partial charge in [-0.1, -0.05) is 29.3 Å². The first-order valence-electron chi connectivity index (χ1n) is 5.51. The topological polar surface area (TPSA) is 70.0 Å². The van der Waals surface area contributed by atoms with Crippen LogP contribution in [0.3, 0.4) is 0 Å². The lowest BCUT2D eigenvalue weighted by atomic mass is 10.2. The van der Waals surface area contributed by atoms with Gasteiger partial charge < -0.3 is 0 Å². The van der Waals surface area contributed by atoms with Gasteiger partial charge in [0.25, 0.3) is 10.0 Å². The van der Waals surface area contributed by atoms with Crippen LogP contribution in [0.25, 0.3) is 0 Å². The molecule has 0 aliphatic rings. The third-order valence-electron chi connectivity index (χ3n) is 2.57. The summed E-state index contributed by atoms with van der Waals surface area (Å²) < 4.78 is 40.0. The molecule has 0 spiro atoms. The Kier molecular flexibility index (Phi) is 4.37. The lowest BCUT2D eigenvalue weighted by Crippen LogP contribution is -2.14. The summed E-state index contributed by atoms with van der Waals surface area (Å²) in [5.74, 6) is -0.813. The molecule has 0 aromatic heterocycles. The average Bonchev–Trinajstić information content (AvgIpc) is 2.41. The van der Waals surface area contributed by atoms with Gasteiger partial charge in [-0.2, -0.15) is 5.26 Å². The van der Waals surface area contributed by atoms with Crippen LogP contribution in [0, 0.1) is 17.1 Å². The molecule has 0 saturated heterocycles. The quantitative estimate of drug-likeness (QED) is 0.920. The molecule has 0 unspecified atom stereocenters. The zero-order valence-corrected chi connectivity index (χ0v) is 12.6. The van der Waals surface area contributed by atoms with Crippen LogP contribution in [0.2, 0.25) is 10.0 Å². The third-order valence-corrected chi connectivity index (χ3v) is 4.67. The number of rotatable bonds is 3. The molecular weight excluding hydrogens is 338 g/mol. The van der Waals surface area contributed by atoms with Crippen molar-refractivity contribution in [3.63, 3.8) is 0 Å². The normalized spacial score (nSPS) is 11.0. The van der Waals surface area contributed by atoms with Gasteiger partial charge in [0.2, 0.25) is 0 Å². The van der Waals surface area contributed by atoms with E-state index in [0.717, 1.165) is 12.1 Å². The van der Waals surface area contributed by atoms with Crippen LogP contribution in [-0.2, 0) is 10.0 Å². The first-order chi connectivity index (χ1) is 9.85. The van der Waals surface area contributed by atoms with E-state index in [4.69, 9.17) is 28.5 Å². The molecule has 0 atom stereocenters. The number of nitriles is 1. The number of sulfonamides is 1. The maximum Gasteiger partial charge on any atom is 0.261 e. The van der Waals surface area contributed by atoms with Gasteiger partial charge in [-0.3, -0.25) is 4.72 Å². The molecule has 2 aromatic carbocycles. The van der Waals surface area contributed by atoms with Crippen LogP contribution in [0.4, 0.5) is 10.1 Å². The Bertz CT molecular complexity index is 848. The Balaban J connectivity index is 2.45. The molecule has 108 valence electrons. The number of hydrogen-bond donors (Lipinski definition) is 1. The standard InChI is InChI=1S/C13H7Cl2FN2O2S/c14-10-5-4-8(6-11(10)15)21(19,20)18-13-3-1-2-12(16)9(13)7-17/h1-6,18H. The SMILES string of the molecule is N#Cc1c(F)cccc1NS(=O)(=O)c1ccc(Cl)c(Cl)c1. The monoisotopic (exact) mass is 344 g/mol. The summed E-state index contributed by atoms with van der Waals surface area (Å²) in [4.78, 5) is -0.148. The molecule has 2 rings (SSSR count). The van der Waals surface area contributed by atoms with E-state index in [1.165, 1.54) is 24.3 Å². The Morgan fingerprint density at radius 2 is 1.86 bits per heavy atom. The zero-order chi connectivity index (χ0) is 15.6. The summed E-state index contributed by atoms with van der Waals surface area (Å²) >= 11 is 11.5. The summed E-state index contributed by atoms with van der Waals surface area (Å²) in [6.45, 7) is 0. The van der Waals surface area contributed by atoms with Crippen molar-refractivity contribution >= 4 is 38.9 Å². The Labute approximate surface area is 130 Å². The molecule has 0 saturated carbocycles. The molecule has 0 fully saturated rings. The molecule has 2 aromatic rings. The molecule has 0 aliphatic heterocycles. The van der Waals surface area contributed by atoms with Crippen LogP contribution in [0.5, 0.6) is 0 Å². The van der Waals surface area contributed by atoms with Crippen molar-refractivity contribution in [2.75, 3.05) is 4.72 Å². The summed E-state index contributed by atoms with van der Waals surface area (Å²) in [6, 6.07) is 9.00. The van der Waals surface area contributed by atoms with Crippen molar-refractivity contribution < 1.29 is 12.8 Å². The fourth-order valence-corrected chi connectivity index (χ4v) is 3.03. The highest BCUT2D eigenvalue weighted by atomic mass is 35.5. The molecular formula is C13H7Cl2FN2O2S. The minimum atomic E-state index is -4.01. The lowest BCUT2D eigenvalue weighted by Gasteiger charge is -2.10. The molecule has 4 nitrogen and oxygen atoms in total. The van der Waals surface area contributed by atoms with Crippen LogP contribution < -0.4 is 4.72 Å². The largest absolute Gasteiger partial charge is 0.278 e. The Morgan fingerprint density at radius 3 is 2.48 bits per heavy atom. The highest BCUT2D eigenvalue weighted by Crippen LogP contribution is 2.27. The van der Waals surface area contributed by atoms with Crippen LogP contribution in [0.15, 0.2) is 41.3 Å². The van der Waals surface area contributed by atoms with Gasteiger partial charge in [-0.25, -0.2) is 12.8 Å². The van der Waals surface area contributed by atoms with E-state index in [-0.39, 0.29) is 26.2 Å². The van der Waals surface area contributed by atoms with E-state index in [9.17, 15) is 12.8 Å². The summed E-state index contributed by atoms with van der Waals surface area (Å²) in [6.07, 6.45) is 0. The van der Waals surface area contributed by atoms with E-state index in [1.807, 2.05) is 0 Å². The molecule has 0 bridgehead atoms. The lowest BCUT2D eigenvalue weighted by molar-refractivity contribution is 0.601. The van der Waals surface area contributed by atoms with Gasteiger partial charge in [0.1, 0.15) is 17.4 Å². The second-order valence-corrected chi connectivity index (χ2v) is 6.45. The summed E-state index contributed by atoms with van der Waals surface area (Å²) in [7, 11) is -4.01. The highest BCUT2D eigenvalue weighted by molar-refractivity contribution is 7.92. The van der Waals surface area contributed by atoms with Gasteiger partial charge >= 0.3 is 0 Å². The van der Waals surface area contributed by atoms with Gasteiger partial charge in [-0.15, -0.1) is 0 Å². The number of nitrogens with zero attached hydrogens (tertiary/aromatic N) is 1. The number of anilines is 1. The number of hydrogen-bond acceptors (Lipinski definition) is 3. The van der Waals surface area contributed by atoms with Crippen molar-refractivity contribution in [1.29, 1.82) is 5.26 Å². The zero-order valence-electron chi connectivity index (χ0n) is 10.3. The van der Waals surface area contributed by atoms with E-state index >= 15 is 0 Å². The first-order valence-corrected chi connectivity index (χ1v) is 7.75. The summed E-state index contributed by atoms with van der Waals surface area (Å²) in [5, 5.41) is 9.16. The smallest absolute Gasteiger partial charge is 0.261 e. The maximum absolute atomic E-state index is 13.4. The minimum absolute atomic E-state index is 0.0688. The fourth-order valence-electron chi connectivity index (χ4n) is 1.57. The van der Waals surface area contributed by atoms with Gasteiger partial charge in [0.05, 0.1) is 20.6 Å². The van der Waals surface area contributed by atoms with Crippen LogP contribution in [-0.4, -0.2) is 8.42 Å². The molecule has 0 heterocycles. The molecule has 8 heteroatoms. The molecule has 0 radical (unpaired) electrons. The molecule has 1 N–H and O–H groups in total. The first kappa shape index (κ1) is 15.6. The van der Waals surface area contributed by atoms with Crippen molar-refractivity contribution in [3.8, 4) is 6.07 Å². The van der Waals surface area contributed by atoms with E-state index < -0.39 is 15.8 Å². The fraction of sp³-hybridized carbons (Fsp3) is 0. The van der Waals surface area contributed by atoms with Gasteiger partial charge in [0.15, 0.2) is 0 Å². The predicted octanol–water partition coefficient (Wildman–Crippen LogP) is 3.80. The van der Waals surface area contributed by atoms with Crippen molar-refractivity contribution in [2.45, 2.75) is 4.90 Å². The third kappa shape index (κ3) is 3.27. The maximum atomic E-state index is 13.4. The minimum Gasteiger partial charge on any atom is -0.278 e. The van der Waals surface area contributed by atoms with Gasteiger partial charge in [-0.05, 0) is 30.3 Å². The van der Waals surface area contributed by atoms with Crippen molar-refractivity contribution in [1.82, 2.24) is 0 Å². The van der Waals surface area contributed by atoms with E-state index in [0.29, 0.717) is 0 Å². The van der Waals surface area contributed by atoms with Crippen LogP contribution >= 0.6 is 23.2 Å². The van der Waals surface area contributed by atoms with Crippen molar-refractivity contribution in [3.05, 3.63) is 57.8 Å². The number of halogens is 3. The van der Waals surface area contributed by atoms with Gasteiger partial charge in [0, 0.05) is 0 Å². The van der Waals surface area contributed by atoms with E-state index in [1.54, 1.807) is 6.07 Å². The average molecular weight is 345 g/mol. The van der Waals surface area contributed by atoms with Crippen molar-refractivity contribution in [2.24, 2.45) is 0 Å². The second-order valence-electron chi connectivity index (χ2n) is 3.96. The molecule has 21 heavy (non-hydrogen) atoms. The summed E-state index contributed by atoms with van der Waals surface area (Å²) in [5.41, 5.74) is -0.537. The molecule has 0 aliphatic carbocycles. The van der Waals surface area contributed by atoms with Crippen LogP contribution in [0.1, 0.15) is 5.56 Å². The number of nitrogens with one attached hydrogen (secondary N) is 1.